The van der Waals surface area contributed by atoms with Crippen LogP contribution in [0.15, 0.2) is 65.8 Å². The van der Waals surface area contributed by atoms with E-state index in [4.69, 9.17) is 0 Å². The first-order valence-electron chi connectivity index (χ1n) is 7.79. The molecule has 0 aliphatic rings. The molecule has 1 aromatic heterocycles. The monoisotopic (exact) mass is 374 g/mol. The van der Waals surface area contributed by atoms with Gasteiger partial charge < -0.3 is 15.6 Å². The SMILES string of the molecule is O=C(NCc1ncc[nH]1)c1ccccc1Nc1ccc(SC(F)F)cc1. The Labute approximate surface area is 153 Å². The highest BCUT2D eigenvalue weighted by atomic mass is 32.2. The molecule has 0 aliphatic heterocycles. The highest BCUT2D eigenvalue weighted by Gasteiger charge is 2.12. The smallest absolute Gasteiger partial charge is 0.288 e. The van der Waals surface area contributed by atoms with Crippen LogP contribution in [-0.2, 0) is 6.54 Å². The van der Waals surface area contributed by atoms with Crippen LogP contribution in [0.2, 0.25) is 0 Å². The number of aromatic nitrogens is 2. The number of amides is 1. The van der Waals surface area contributed by atoms with Crippen molar-refractivity contribution in [1.82, 2.24) is 15.3 Å². The fraction of sp³-hybridized carbons (Fsp3) is 0.111. The first kappa shape index (κ1) is 17.9. The molecule has 0 unspecified atom stereocenters. The van der Waals surface area contributed by atoms with E-state index in [0.717, 1.165) is 0 Å². The molecule has 0 atom stereocenters. The van der Waals surface area contributed by atoms with Gasteiger partial charge in [-0.2, -0.15) is 8.78 Å². The van der Waals surface area contributed by atoms with E-state index in [-0.39, 0.29) is 5.91 Å². The minimum atomic E-state index is -2.45. The van der Waals surface area contributed by atoms with Crippen LogP contribution < -0.4 is 10.6 Å². The number of para-hydroxylation sites is 1. The summed E-state index contributed by atoms with van der Waals surface area (Å²) in [5.41, 5.74) is 1.80. The van der Waals surface area contributed by atoms with Gasteiger partial charge in [-0.05, 0) is 36.4 Å². The Morgan fingerprint density at radius 2 is 1.92 bits per heavy atom. The lowest BCUT2D eigenvalue weighted by Crippen LogP contribution is -2.24. The Morgan fingerprint density at radius 1 is 1.15 bits per heavy atom. The largest absolute Gasteiger partial charge is 0.355 e. The van der Waals surface area contributed by atoms with Gasteiger partial charge in [-0.1, -0.05) is 23.9 Å². The standard InChI is InChI=1S/C18H16F2N4OS/c19-18(20)26-13-7-5-12(6-8-13)24-15-4-2-1-3-14(15)17(25)23-11-16-21-9-10-22-16/h1-10,18,24H,11H2,(H,21,22)(H,23,25). The summed E-state index contributed by atoms with van der Waals surface area (Å²) in [6.45, 7) is 0.291. The van der Waals surface area contributed by atoms with Crippen LogP contribution in [0.4, 0.5) is 20.2 Å². The van der Waals surface area contributed by atoms with Gasteiger partial charge in [0.25, 0.3) is 11.7 Å². The molecule has 0 saturated carbocycles. The van der Waals surface area contributed by atoms with Gasteiger partial charge in [0.05, 0.1) is 17.8 Å². The van der Waals surface area contributed by atoms with Gasteiger partial charge >= 0.3 is 0 Å². The summed E-state index contributed by atoms with van der Waals surface area (Å²) >= 11 is 0.493. The molecular weight excluding hydrogens is 358 g/mol. The Morgan fingerprint density at radius 3 is 2.62 bits per heavy atom. The normalized spacial score (nSPS) is 10.7. The molecule has 26 heavy (non-hydrogen) atoms. The maximum atomic E-state index is 12.4. The van der Waals surface area contributed by atoms with E-state index in [9.17, 15) is 13.6 Å². The van der Waals surface area contributed by atoms with Crippen LogP contribution in [0, 0.1) is 0 Å². The van der Waals surface area contributed by atoms with Gasteiger partial charge in [-0.3, -0.25) is 4.79 Å². The molecule has 134 valence electrons. The highest BCUT2D eigenvalue weighted by molar-refractivity contribution is 7.99. The van der Waals surface area contributed by atoms with Crippen LogP contribution in [-0.4, -0.2) is 21.6 Å². The van der Waals surface area contributed by atoms with Gasteiger partial charge in [-0.25, -0.2) is 4.98 Å². The Bertz CT molecular complexity index is 854. The molecule has 0 aliphatic carbocycles. The van der Waals surface area contributed by atoms with Crippen molar-refractivity contribution >= 4 is 29.0 Å². The molecule has 1 amide bonds. The Hall–Kier alpha value is -2.87. The summed E-state index contributed by atoms with van der Waals surface area (Å²) in [5.74, 6) is -2.03. The number of alkyl halides is 2. The third-order valence-electron chi connectivity index (χ3n) is 3.50. The van der Waals surface area contributed by atoms with Crippen molar-refractivity contribution in [2.24, 2.45) is 0 Å². The van der Waals surface area contributed by atoms with Crippen LogP contribution in [0.5, 0.6) is 0 Å². The lowest BCUT2D eigenvalue weighted by molar-refractivity contribution is 0.0951. The lowest BCUT2D eigenvalue weighted by Gasteiger charge is -2.12. The molecule has 5 nitrogen and oxygen atoms in total. The minimum absolute atomic E-state index is 0.241. The number of carbonyl (C=O) groups excluding carboxylic acids is 1. The summed E-state index contributed by atoms with van der Waals surface area (Å²) in [5, 5.41) is 5.94. The van der Waals surface area contributed by atoms with Crippen molar-refractivity contribution in [1.29, 1.82) is 0 Å². The molecule has 3 aromatic rings. The number of hydrogen-bond donors (Lipinski definition) is 3. The number of carbonyl (C=O) groups is 1. The second kappa shape index (κ2) is 8.48. The second-order valence-corrected chi connectivity index (χ2v) is 6.36. The number of imidazole rings is 1. The van der Waals surface area contributed by atoms with Gasteiger partial charge in [0.2, 0.25) is 0 Å². The van der Waals surface area contributed by atoms with Crippen LogP contribution in [0.3, 0.4) is 0 Å². The first-order chi connectivity index (χ1) is 12.6. The van der Waals surface area contributed by atoms with E-state index in [1.54, 1.807) is 54.9 Å². The van der Waals surface area contributed by atoms with Crippen LogP contribution in [0.1, 0.15) is 16.2 Å². The average Bonchev–Trinajstić information content (AvgIpc) is 3.15. The Balaban J connectivity index is 1.69. The van der Waals surface area contributed by atoms with E-state index >= 15 is 0 Å². The fourth-order valence-corrected chi connectivity index (χ4v) is 2.82. The number of H-pyrrole nitrogens is 1. The molecule has 0 fully saturated rings. The molecule has 0 bridgehead atoms. The number of nitrogens with zero attached hydrogens (tertiary/aromatic N) is 1. The van der Waals surface area contributed by atoms with E-state index < -0.39 is 5.76 Å². The number of nitrogens with one attached hydrogen (secondary N) is 3. The number of rotatable bonds is 7. The predicted octanol–water partition coefficient (Wildman–Crippen LogP) is 4.40. The van der Waals surface area contributed by atoms with Crippen molar-refractivity contribution in [2.45, 2.75) is 17.2 Å². The molecule has 0 radical (unpaired) electrons. The quantitative estimate of drug-likeness (QED) is 0.536. The van der Waals surface area contributed by atoms with Crippen LogP contribution >= 0.6 is 11.8 Å². The predicted molar refractivity (Wildman–Crippen MR) is 97.8 cm³/mol. The summed E-state index contributed by atoms with van der Waals surface area (Å²) in [6, 6.07) is 13.7. The lowest BCUT2D eigenvalue weighted by atomic mass is 10.1. The average molecular weight is 374 g/mol. The van der Waals surface area contributed by atoms with Gasteiger partial charge in [0.1, 0.15) is 5.82 Å². The zero-order valence-corrected chi connectivity index (χ0v) is 14.4. The number of benzene rings is 2. The summed E-state index contributed by atoms with van der Waals surface area (Å²) in [4.78, 5) is 19.9. The molecule has 3 rings (SSSR count). The van der Waals surface area contributed by atoms with Crippen molar-refractivity contribution in [3.8, 4) is 0 Å². The van der Waals surface area contributed by atoms with E-state index in [1.807, 2.05) is 6.07 Å². The molecule has 1 heterocycles. The zero-order chi connectivity index (χ0) is 18.4. The highest BCUT2D eigenvalue weighted by Crippen LogP contribution is 2.27. The maximum Gasteiger partial charge on any atom is 0.288 e. The summed E-state index contributed by atoms with van der Waals surface area (Å²) in [7, 11) is 0. The Kier molecular flexibility index (Phi) is 5.85. The van der Waals surface area contributed by atoms with Crippen molar-refractivity contribution in [3.63, 3.8) is 0 Å². The molecule has 3 N–H and O–H groups in total. The third kappa shape index (κ3) is 4.82. The van der Waals surface area contributed by atoms with Crippen molar-refractivity contribution in [3.05, 3.63) is 72.3 Å². The van der Waals surface area contributed by atoms with E-state index in [0.29, 0.717) is 46.0 Å². The molecule has 0 saturated heterocycles. The molecule has 0 spiro atoms. The van der Waals surface area contributed by atoms with E-state index in [1.165, 1.54) is 0 Å². The number of thioether (sulfide) groups is 1. The van der Waals surface area contributed by atoms with E-state index in [2.05, 4.69) is 20.6 Å². The summed E-state index contributed by atoms with van der Waals surface area (Å²) in [6.07, 6.45) is 3.31. The van der Waals surface area contributed by atoms with Gasteiger partial charge in [0, 0.05) is 23.0 Å². The van der Waals surface area contributed by atoms with Crippen molar-refractivity contribution < 1.29 is 13.6 Å². The topological polar surface area (TPSA) is 69.8 Å². The van der Waals surface area contributed by atoms with Gasteiger partial charge in [0.15, 0.2) is 0 Å². The molecule has 2 aromatic carbocycles. The zero-order valence-electron chi connectivity index (χ0n) is 13.6. The molecular formula is C18H16F2N4OS. The summed E-state index contributed by atoms with van der Waals surface area (Å²) < 4.78 is 24.8. The minimum Gasteiger partial charge on any atom is -0.355 e. The van der Waals surface area contributed by atoms with Crippen molar-refractivity contribution in [2.75, 3.05) is 5.32 Å². The fourth-order valence-electron chi connectivity index (χ4n) is 2.32. The number of hydrogen-bond acceptors (Lipinski definition) is 4. The molecule has 8 heteroatoms. The third-order valence-corrected chi connectivity index (χ3v) is 4.22. The second-order valence-electron chi connectivity index (χ2n) is 5.29. The number of anilines is 2. The maximum absolute atomic E-state index is 12.4. The van der Waals surface area contributed by atoms with Gasteiger partial charge in [-0.15, -0.1) is 0 Å². The number of aromatic amines is 1. The van der Waals surface area contributed by atoms with Crippen LogP contribution in [0.25, 0.3) is 0 Å². The first-order valence-corrected chi connectivity index (χ1v) is 8.67. The number of halogens is 2.